The molecule has 0 aromatic carbocycles. The third-order valence-electron chi connectivity index (χ3n) is 6.10. The highest BCUT2D eigenvalue weighted by molar-refractivity contribution is 6.28. The number of halogens is 2. The van der Waals surface area contributed by atoms with Gasteiger partial charge in [-0.05, 0) is 31.0 Å². The Bertz CT molecular complexity index is 772. The summed E-state index contributed by atoms with van der Waals surface area (Å²) in [5.41, 5.74) is 0.0122. The number of nitrogens with zero attached hydrogens (tertiary/aromatic N) is 5. The summed E-state index contributed by atoms with van der Waals surface area (Å²) < 4.78 is 15.1. The molecular weight excluding hydrogens is 427 g/mol. The van der Waals surface area contributed by atoms with Gasteiger partial charge < -0.3 is 15.1 Å². The number of hydrogen-bond donors (Lipinski definition) is 2. The van der Waals surface area contributed by atoms with Crippen molar-refractivity contribution in [3.05, 3.63) is 16.8 Å². The first-order valence-electron chi connectivity index (χ1n) is 10.7. The van der Waals surface area contributed by atoms with E-state index >= 15 is 4.39 Å². The minimum Gasteiger partial charge on any atom is -0.351 e. The van der Waals surface area contributed by atoms with E-state index in [1.54, 1.807) is 0 Å². The first-order valence-corrected chi connectivity index (χ1v) is 11.1. The van der Waals surface area contributed by atoms with Gasteiger partial charge in [0.05, 0.1) is 19.0 Å². The zero-order valence-corrected chi connectivity index (χ0v) is 18.5. The molecule has 1 saturated carbocycles. The van der Waals surface area contributed by atoms with Crippen molar-refractivity contribution < 1.29 is 19.2 Å². The van der Waals surface area contributed by atoms with Crippen molar-refractivity contribution in [3.8, 4) is 0 Å². The predicted octanol–water partition coefficient (Wildman–Crippen LogP) is 1.68. The third-order valence-corrected chi connectivity index (χ3v) is 6.27. The van der Waals surface area contributed by atoms with Gasteiger partial charge in [-0.15, -0.1) is 0 Å². The fourth-order valence-corrected chi connectivity index (χ4v) is 4.47. The monoisotopic (exact) mass is 456 g/mol. The van der Waals surface area contributed by atoms with Crippen molar-refractivity contribution in [3.63, 3.8) is 0 Å². The Labute approximate surface area is 186 Å². The SMILES string of the molecule is CN1CCN(c2nc(Cl)nc(CNC(=O)[C@H](CC3CCCC3)CN(O)C=O)c2F)CC1. The summed E-state index contributed by atoms with van der Waals surface area (Å²) in [5.74, 6) is -1.02. The summed E-state index contributed by atoms with van der Waals surface area (Å²) in [4.78, 5) is 35.6. The highest BCUT2D eigenvalue weighted by Gasteiger charge is 2.28. The Balaban J connectivity index is 1.67. The highest BCUT2D eigenvalue weighted by Crippen LogP contribution is 2.31. The molecule has 1 aromatic rings. The molecule has 0 unspecified atom stereocenters. The van der Waals surface area contributed by atoms with Crippen LogP contribution in [0.5, 0.6) is 0 Å². The van der Waals surface area contributed by atoms with Crippen LogP contribution in [0.15, 0.2) is 0 Å². The summed E-state index contributed by atoms with van der Waals surface area (Å²) in [7, 11) is 2.00. The molecule has 11 heteroatoms. The Hall–Kier alpha value is -2.04. The molecule has 0 bridgehead atoms. The highest BCUT2D eigenvalue weighted by atomic mass is 35.5. The van der Waals surface area contributed by atoms with Crippen LogP contribution in [0.3, 0.4) is 0 Å². The number of carbonyl (C=O) groups is 2. The van der Waals surface area contributed by atoms with Gasteiger partial charge in [0.1, 0.15) is 5.69 Å². The lowest BCUT2D eigenvalue weighted by Crippen LogP contribution is -2.45. The Morgan fingerprint density at radius 1 is 1.32 bits per heavy atom. The van der Waals surface area contributed by atoms with E-state index in [1.165, 1.54) is 0 Å². The number of anilines is 1. The number of amides is 2. The second kappa shape index (κ2) is 11.0. The van der Waals surface area contributed by atoms with Crippen LogP contribution in [-0.4, -0.2) is 77.2 Å². The average molecular weight is 457 g/mol. The lowest BCUT2D eigenvalue weighted by Gasteiger charge is -2.33. The lowest BCUT2D eigenvalue weighted by atomic mass is 9.92. The number of aromatic nitrogens is 2. The molecule has 1 aromatic heterocycles. The van der Waals surface area contributed by atoms with Crippen molar-refractivity contribution in [1.29, 1.82) is 0 Å². The van der Waals surface area contributed by atoms with E-state index < -0.39 is 11.7 Å². The molecule has 3 rings (SSSR count). The van der Waals surface area contributed by atoms with Crippen LogP contribution < -0.4 is 10.2 Å². The van der Waals surface area contributed by atoms with Gasteiger partial charge in [0, 0.05) is 26.2 Å². The summed E-state index contributed by atoms with van der Waals surface area (Å²) >= 11 is 6.03. The van der Waals surface area contributed by atoms with Gasteiger partial charge in [-0.3, -0.25) is 14.8 Å². The molecule has 1 aliphatic carbocycles. The maximum Gasteiger partial charge on any atom is 0.233 e. The quantitative estimate of drug-likeness (QED) is 0.252. The van der Waals surface area contributed by atoms with E-state index in [4.69, 9.17) is 11.6 Å². The standard InChI is InChI=1S/C20H30ClFN6O3/c1-26-6-8-27(9-7-26)18-17(22)16(24-20(21)25-18)11-23-19(30)15(12-28(31)13-29)10-14-4-2-3-5-14/h13-15,31H,2-12H2,1H3,(H,23,30)/t15-/m1/s1. The van der Waals surface area contributed by atoms with Crippen LogP contribution in [-0.2, 0) is 16.1 Å². The Kier molecular flexibility index (Phi) is 8.39. The lowest BCUT2D eigenvalue weighted by molar-refractivity contribution is -0.155. The molecule has 2 amide bonds. The van der Waals surface area contributed by atoms with E-state index in [-0.39, 0.29) is 42.2 Å². The maximum atomic E-state index is 15.1. The first-order chi connectivity index (χ1) is 14.9. The fourth-order valence-electron chi connectivity index (χ4n) is 4.29. The maximum absolute atomic E-state index is 15.1. The molecule has 9 nitrogen and oxygen atoms in total. The van der Waals surface area contributed by atoms with Crippen LogP contribution in [0.25, 0.3) is 0 Å². The second-order valence-electron chi connectivity index (χ2n) is 8.40. The molecule has 2 fully saturated rings. The third kappa shape index (κ3) is 6.47. The first kappa shape index (κ1) is 23.6. The Morgan fingerprint density at radius 3 is 2.65 bits per heavy atom. The van der Waals surface area contributed by atoms with E-state index in [0.29, 0.717) is 30.5 Å². The van der Waals surface area contributed by atoms with Crippen LogP contribution in [0.4, 0.5) is 10.2 Å². The molecule has 0 radical (unpaired) electrons. The molecule has 31 heavy (non-hydrogen) atoms. The predicted molar refractivity (Wildman–Crippen MR) is 113 cm³/mol. The van der Waals surface area contributed by atoms with Crippen molar-refractivity contribution in [1.82, 2.24) is 25.2 Å². The number of hydroxylamine groups is 2. The van der Waals surface area contributed by atoms with Crippen LogP contribution in [0.2, 0.25) is 5.28 Å². The number of piperazine rings is 1. The smallest absolute Gasteiger partial charge is 0.233 e. The molecule has 1 atom stereocenters. The number of hydrogen-bond acceptors (Lipinski definition) is 7. The van der Waals surface area contributed by atoms with Crippen LogP contribution in [0.1, 0.15) is 37.8 Å². The van der Waals surface area contributed by atoms with E-state index in [1.807, 2.05) is 11.9 Å². The molecule has 2 heterocycles. The van der Waals surface area contributed by atoms with Gasteiger partial charge in [0.25, 0.3) is 0 Å². The van der Waals surface area contributed by atoms with E-state index in [2.05, 4.69) is 20.2 Å². The van der Waals surface area contributed by atoms with Crippen molar-refractivity contribution in [2.45, 2.75) is 38.6 Å². The summed E-state index contributed by atoms with van der Waals surface area (Å²) in [6, 6.07) is 0. The second-order valence-corrected chi connectivity index (χ2v) is 8.73. The summed E-state index contributed by atoms with van der Waals surface area (Å²) in [5, 5.41) is 12.7. The molecule has 172 valence electrons. The van der Waals surface area contributed by atoms with E-state index in [0.717, 1.165) is 38.8 Å². The zero-order chi connectivity index (χ0) is 22.4. The summed E-state index contributed by atoms with van der Waals surface area (Å²) in [6.45, 7) is 2.55. The number of carbonyl (C=O) groups excluding carboxylic acids is 2. The van der Waals surface area contributed by atoms with Gasteiger partial charge in [-0.1, -0.05) is 25.7 Å². The number of likely N-dealkylation sites (N-methyl/N-ethyl adjacent to an activating group) is 1. The fraction of sp³-hybridized carbons (Fsp3) is 0.700. The Morgan fingerprint density at radius 2 is 2.00 bits per heavy atom. The minimum absolute atomic E-state index is 0.0122. The van der Waals surface area contributed by atoms with Gasteiger partial charge in [-0.2, -0.15) is 4.98 Å². The van der Waals surface area contributed by atoms with E-state index in [9.17, 15) is 14.8 Å². The molecule has 2 N–H and O–H groups in total. The molecule has 1 aliphatic heterocycles. The largest absolute Gasteiger partial charge is 0.351 e. The molecule has 2 aliphatic rings. The number of rotatable bonds is 9. The topological polar surface area (TPSA) is 102 Å². The molecular formula is C20H30ClFN6O3. The van der Waals surface area contributed by atoms with Crippen molar-refractivity contribution in [2.24, 2.45) is 11.8 Å². The minimum atomic E-state index is -0.599. The zero-order valence-electron chi connectivity index (χ0n) is 17.8. The van der Waals surface area contributed by atoms with Gasteiger partial charge in [-0.25, -0.2) is 14.4 Å². The molecule has 0 spiro atoms. The molecule has 1 saturated heterocycles. The van der Waals surface area contributed by atoms with Crippen LogP contribution >= 0.6 is 11.6 Å². The van der Waals surface area contributed by atoms with Gasteiger partial charge in [0.2, 0.25) is 17.6 Å². The average Bonchev–Trinajstić information content (AvgIpc) is 3.27. The normalized spacial score (nSPS) is 18.8. The summed E-state index contributed by atoms with van der Waals surface area (Å²) in [6.07, 6.45) is 5.14. The van der Waals surface area contributed by atoms with Crippen LogP contribution in [0, 0.1) is 17.7 Å². The van der Waals surface area contributed by atoms with Gasteiger partial charge >= 0.3 is 0 Å². The van der Waals surface area contributed by atoms with Crippen molar-refractivity contribution in [2.75, 3.05) is 44.7 Å². The number of nitrogens with one attached hydrogen (secondary N) is 1. The van der Waals surface area contributed by atoms with Crippen molar-refractivity contribution >= 4 is 29.7 Å². The van der Waals surface area contributed by atoms with Gasteiger partial charge in [0.15, 0.2) is 11.6 Å².